The van der Waals surface area contributed by atoms with Gasteiger partial charge in [-0.3, -0.25) is 9.59 Å². The normalized spacial score (nSPS) is 11.8. The van der Waals surface area contributed by atoms with Gasteiger partial charge in [0.1, 0.15) is 0 Å². The molecule has 1 rings (SSSR count). The molecule has 0 aliphatic heterocycles. The van der Waals surface area contributed by atoms with Crippen LogP contribution in [0.3, 0.4) is 0 Å². The van der Waals surface area contributed by atoms with E-state index >= 15 is 0 Å². The molecule has 1 unspecified atom stereocenters. The second-order valence-corrected chi connectivity index (χ2v) is 4.85. The third kappa shape index (κ3) is 3.98. The molecule has 0 amide bonds. The van der Waals surface area contributed by atoms with E-state index < -0.39 is 5.97 Å². The van der Waals surface area contributed by atoms with Crippen LogP contribution in [0.5, 0.6) is 11.5 Å². The summed E-state index contributed by atoms with van der Waals surface area (Å²) < 4.78 is 10.4. The van der Waals surface area contributed by atoms with Gasteiger partial charge in [0.05, 0.1) is 14.2 Å². The highest BCUT2D eigenvalue weighted by Crippen LogP contribution is 2.31. The minimum Gasteiger partial charge on any atom is -0.493 e. The zero-order valence-electron chi connectivity index (χ0n) is 12.2. The Kier molecular flexibility index (Phi) is 5.55. The summed E-state index contributed by atoms with van der Waals surface area (Å²) in [6.45, 7) is 3.57. The molecule has 1 aromatic rings. The Labute approximate surface area is 118 Å². The van der Waals surface area contributed by atoms with Gasteiger partial charge in [0, 0.05) is 18.4 Å². The highest BCUT2D eigenvalue weighted by Gasteiger charge is 2.18. The van der Waals surface area contributed by atoms with Crippen LogP contribution in [0.25, 0.3) is 0 Å². The highest BCUT2D eigenvalue weighted by molar-refractivity contribution is 5.98. The Hall–Kier alpha value is -2.04. The van der Waals surface area contributed by atoms with Crippen LogP contribution >= 0.6 is 0 Å². The lowest BCUT2D eigenvalue weighted by Gasteiger charge is -2.13. The van der Waals surface area contributed by atoms with Crippen LogP contribution in [0.2, 0.25) is 0 Å². The van der Waals surface area contributed by atoms with Crippen LogP contribution in [0.15, 0.2) is 12.1 Å². The predicted molar refractivity (Wildman–Crippen MR) is 74.6 cm³/mol. The molecular weight excluding hydrogens is 260 g/mol. The number of carboxylic acid groups (broad SMARTS) is 1. The van der Waals surface area contributed by atoms with Gasteiger partial charge in [0.15, 0.2) is 17.3 Å². The number of carbonyl (C=O) groups excluding carboxylic acids is 1. The molecule has 1 N–H and O–H groups in total. The fourth-order valence-corrected chi connectivity index (χ4v) is 2.08. The summed E-state index contributed by atoms with van der Waals surface area (Å²) in [6, 6.07) is 3.39. The van der Waals surface area contributed by atoms with Crippen LogP contribution in [0, 0.1) is 12.8 Å². The minimum atomic E-state index is -0.894. The maximum Gasteiger partial charge on any atom is 0.303 e. The van der Waals surface area contributed by atoms with Crippen molar-refractivity contribution >= 4 is 11.8 Å². The first-order valence-corrected chi connectivity index (χ1v) is 6.36. The van der Waals surface area contributed by atoms with Crippen molar-refractivity contribution in [2.75, 3.05) is 14.2 Å². The van der Waals surface area contributed by atoms with Crippen LogP contribution in [0.1, 0.15) is 35.7 Å². The molecule has 0 spiro atoms. The molecule has 110 valence electrons. The second-order valence-electron chi connectivity index (χ2n) is 4.85. The number of aryl methyl sites for hydroxylation is 1. The molecule has 20 heavy (non-hydrogen) atoms. The zero-order chi connectivity index (χ0) is 15.3. The lowest BCUT2D eigenvalue weighted by molar-refractivity contribution is -0.137. The van der Waals surface area contributed by atoms with Gasteiger partial charge >= 0.3 is 5.97 Å². The van der Waals surface area contributed by atoms with Crippen molar-refractivity contribution in [2.24, 2.45) is 5.92 Å². The van der Waals surface area contributed by atoms with Crippen LogP contribution in [-0.2, 0) is 4.79 Å². The summed E-state index contributed by atoms with van der Waals surface area (Å²) in [6.07, 6.45) is 0.181. The van der Waals surface area contributed by atoms with E-state index in [2.05, 4.69) is 0 Å². The number of ketones is 1. The van der Waals surface area contributed by atoms with Crippen molar-refractivity contribution in [3.63, 3.8) is 0 Å². The molecular formula is C15H20O5. The number of methoxy groups -OCH3 is 2. The van der Waals surface area contributed by atoms with Crippen molar-refractivity contribution in [3.8, 4) is 11.5 Å². The van der Waals surface area contributed by atoms with Gasteiger partial charge in [0.25, 0.3) is 0 Å². The molecule has 5 nitrogen and oxygen atoms in total. The molecule has 0 aromatic heterocycles. The van der Waals surface area contributed by atoms with Crippen LogP contribution < -0.4 is 9.47 Å². The molecule has 1 atom stereocenters. The van der Waals surface area contributed by atoms with E-state index in [-0.39, 0.29) is 24.5 Å². The number of aliphatic carboxylic acids is 1. The molecule has 0 saturated heterocycles. The first kappa shape index (κ1) is 16.0. The Morgan fingerprint density at radius 1 is 1.15 bits per heavy atom. The lowest BCUT2D eigenvalue weighted by Crippen LogP contribution is -2.11. The minimum absolute atomic E-state index is 0.0158. The van der Waals surface area contributed by atoms with Crippen molar-refractivity contribution in [1.82, 2.24) is 0 Å². The largest absolute Gasteiger partial charge is 0.493 e. The third-order valence-corrected chi connectivity index (χ3v) is 3.09. The fraction of sp³-hybridized carbons (Fsp3) is 0.467. The van der Waals surface area contributed by atoms with Gasteiger partial charge in [-0.05, 0) is 30.5 Å². The first-order valence-electron chi connectivity index (χ1n) is 6.36. The second kappa shape index (κ2) is 6.93. The number of carbonyl (C=O) groups is 2. The predicted octanol–water partition coefficient (Wildman–Crippen LogP) is 2.70. The topological polar surface area (TPSA) is 72.8 Å². The first-order chi connectivity index (χ1) is 9.38. The van der Waals surface area contributed by atoms with Gasteiger partial charge < -0.3 is 14.6 Å². The average molecular weight is 280 g/mol. The Bertz CT molecular complexity index is 507. The molecule has 0 aliphatic carbocycles. The van der Waals surface area contributed by atoms with Crippen molar-refractivity contribution in [3.05, 3.63) is 23.3 Å². The van der Waals surface area contributed by atoms with E-state index in [0.717, 1.165) is 5.56 Å². The van der Waals surface area contributed by atoms with Crippen molar-refractivity contribution < 1.29 is 24.2 Å². The molecule has 5 heteroatoms. The van der Waals surface area contributed by atoms with E-state index in [1.54, 1.807) is 19.1 Å². The smallest absolute Gasteiger partial charge is 0.303 e. The Morgan fingerprint density at radius 2 is 1.70 bits per heavy atom. The van der Waals surface area contributed by atoms with Gasteiger partial charge in [-0.25, -0.2) is 0 Å². The number of ether oxygens (including phenoxy) is 2. The maximum atomic E-state index is 12.2. The van der Waals surface area contributed by atoms with E-state index in [4.69, 9.17) is 14.6 Å². The number of Topliss-reactive ketones (excluding diaryl/α,β-unsaturated/α-hetero) is 1. The van der Waals surface area contributed by atoms with Crippen LogP contribution in [-0.4, -0.2) is 31.1 Å². The Morgan fingerprint density at radius 3 is 2.20 bits per heavy atom. The van der Waals surface area contributed by atoms with Crippen molar-refractivity contribution in [2.45, 2.75) is 26.7 Å². The van der Waals surface area contributed by atoms with E-state index in [0.29, 0.717) is 17.1 Å². The number of hydrogen-bond donors (Lipinski definition) is 1. The lowest BCUT2D eigenvalue weighted by atomic mass is 9.94. The van der Waals surface area contributed by atoms with Gasteiger partial charge in [-0.1, -0.05) is 6.92 Å². The van der Waals surface area contributed by atoms with E-state index in [1.165, 1.54) is 14.2 Å². The van der Waals surface area contributed by atoms with Gasteiger partial charge in [-0.15, -0.1) is 0 Å². The summed E-state index contributed by atoms with van der Waals surface area (Å²) in [7, 11) is 3.04. The molecule has 0 saturated carbocycles. The summed E-state index contributed by atoms with van der Waals surface area (Å²) in [5, 5.41) is 8.72. The third-order valence-electron chi connectivity index (χ3n) is 3.09. The molecule has 0 bridgehead atoms. The van der Waals surface area contributed by atoms with Crippen LogP contribution in [0.4, 0.5) is 0 Å². The molecule has 0 aliphatic rings. The highest BCUT2D eigenvalue weighted by atomic mass is 16.5. The maximum absolute atomic E-state index is 12.2. The molecule has 0 radical (unpaired) electrons. The van der Waals surface area contributed by atoms with Crippen molar-refractivity contribution in [1.29, 1.82) is 0 Å². The van der Waals surface area contributed by atoms with E-state index in [1.807, 2.05) is 6.92 Å². The number of carboxylic acids is 1. The fourth-order valence-electron chi connectivity index (χ4n) is 2.08. The standard InChI is InChI=1S/C15H20O5/c1-9(6-15(17)18)5-12(16)11-8-14(20-4)13(19-3)7-10(11)2/h7-9H,5-6H2,1-4H3,(H,17,18). The average Bonchev–Trinajstić information content (AvgIpc) is 2.36. The summed E-state index contributed by atoms with van der Waals surface area (Å²) in [4.78, 5) is 22.9. The summed E-state index contributed by atoms with van der Waals surface area (Å²) >= 11 is 0. The number of rotatable bonds is 7. The molecule has 1 aromatic carbocycles. The summed E-state index contributed by atoms with van der Waals surface area (Å²) in [5.41, 5.74) is 1.33. The molecule has 0 fully saturated rings. The zero-order valence-corrected chi connectivity index (χ0v) is 12.2. The van der Waals surface area contributed by atoms with E-state index in [9.17, 15) is 9.59 Å². The van der Waals surface area contributed by atoms with Gasteiger partial charge in [-0.2, -0.15) is 0 Å². The monoisotopic (exact) mass is 280 g/mol. The number of hydrogen-bond acceptors (Lipinski definition) is 4. The summed E-state index contributed by atoms with van der Waals surface area (Å²) in [5.74, 6) is -0.119. The number of benzene rings is 1. The van der Waals surface area contributed by atoms with Gasteiger partial charge in [0.2, 0.25) is 0 Å². The Balaban J connectivity index is 2.95. The SMILES string of the molecule is COc1cc(C)c(C(=O)CC(C)CC(=O)O)cc1OC. The molecule has 0 heterocycles. The quantitative estimate of drug-likeness (QED) is 0.777.